The topological polar surface area (TPSA) is 3.24 Å². The van der Waals surface area contributed by atoms with Gasteiger partial charge < -0.3 is 4.90 Å². The van der Waals surface area contributed by atoms with Gasteiger partial charge in [-0.05, 0) is 33.5 Å². The fourth-order valence-corrected chi connectivity index (χ4v) is 5.81. The van der Waals surface area contributed by atoms with Gasteiger partial charge in [0, 0.05) is 5.88 Å². The fraction of sp³-hybridized carbons (Fsp3) is 1.00. The summed E-state index contributed by atoms with van der Waals surface area (Å²) in [4.78, 5) is 2.30. The van der Waals surface area contributed by atoms with E-state index in [1.165, 1.54) is 212 Å². The molecule has 0 radical (unpaired) electrons. The molecular formula is C38H80ClN. The summed E-state index contributed by atoms with van der Waals surface area (Å²) in [7, 11) is 4.34. The number of halogens is 1. The van der Waals surface area contributed by atoms with E-state index in [1.807, 2.05) is 0 Å². The highest BCUT2D eigenvalue weighted by atomic mass is 35.5. The average Bonchev–Trinajstić information content (AvgIpc) is 2.95. The van der Waals surface area contributed by atoms with Crippen LogP contribution in [-0.4, -0.2) is 31.4 Å². The van der Waals surface area contributed by atoms with Crippen molar-refractivity contribution in [3.05, 3.63) is 0 Å². The lowest BCUT2D eigenvalue weighted by molar-refractivity contribution is 0.389. The van der Waals surface area contributed by atoms with E-state index < -0.39 is 0 Å². The number of nitrogens with zero attached hydrogens (tertiary/aromatic N) is 1. The fourth-order valence-electron chi connectivity index (χ4n) is 5.62. The third-order valence-electron chi connectivity index (χ3n) is 8.45. The van der Waals surface area contributed by atoms with Crippen molar-refractivity contribution in [2.75, 3.05) is 26.5 Å². The second kappa shape index (κ2) is 41.4. The average molecular weight is 587 g/mol. The molecule has 40 heavy (non-hydrogen) atoms. The van der Waals surface area contributed by atoms with Gasteiger partial charge in [-0.15, -0.1) is 11.6 Å². The van der Waals surface area contributed by atoms with E-state index in [9.17, 15) is 0 Å². The van der Waals surface area contributed by atoms with Crippen LogP contribution in [0.3, 0.4) is 0 Å². The van der Waals surface area contributed by atoms with Gasteiger partial charge in [-0.2, -0.15) is 0 Å². The molecule has 0 rings (SSSR count). The van der Waals surface area contributed by atoms with E-state index in [4.69, 9.17) is 11.6 Å². The standard InChI is InChI=1S/C20H43N.C18H37Cl/c1-4-5-6-7-8-9-10-11-12-13-14-15-16-17-18-19-20-21(2)3;1-2-3-4-5-6-7-8-9-10-11-12-13-14-15-16-17-18-19/h4-20H2,1-3H3;2-18H2,1H3. The molecule has 0 N–H and O–H groups in total. The summed E-state index contributed by atoms with van der Waals surface area (Å²) in [6.07, 6.45) is 46.1. The predicted octanol–water partition coefficient (Wildman–Crippen LogP) is 14.3. The first kappa shape index (κ1) is 42.4. The van der Waals surface area contributed by atoms with Crippen molar-refractivity contribution in [3.63, 3.8) is 0 Å². The Labute approximate surface area is 261 Å². The molecule has 0 saturated heterocycles. The van der Waals surface area contributed by atoms with Crippen LogP contribution in [-0.2, 0) is 0 Å². The molecule has 2 heteroatoms. The number of alkyl halides is 1. The Balaban J connectivity index is 0. The van der Waals surface area contributed by atoms with Crippen molar-refractivity contribution >= 4 is 11.6 Å². The molecule has 244 valence electrons. The summed E-state index contributed by atoms with van der Waals surface area (Å²) in [5.41, 5.74) is 0. The maximum Gasteiger partial charge on any atom is 0.0223 e. The van der Waals surface area contributed by atoms with Gasteiger partial charge in [0.25, 0.3) is 0 Å². The van der Waals surface area contributed by atoms with Gasteiger partial charge >= 0.3 is 0 Å². The highest BCUT2D eigenvalue weighted by molar-refractivity contribution is 6.17. The van der Waals surface area contributed by atoms with Gasteiger partial charge in [0.05, 0.1) is 0 Å². The van der Waals surface area contributed by atoms with Crippen LogP contribution in [0.5, 0.6) is 0 Å². The summed E-state index contributed by atoms with van der Waals surface area (Å²) >= 11 is 5.66. The van der Waals surface area contributed by atoms with E-state index >= 15 is 0 Å². The van der Waals surface area contributed by atoms with Crippen molar-refractivity contribution in [1.82, 2.24) is 4.90 Å². The van der Waals surface area contributed by atoms with Crippen molar-refractivity contribution in [1.29, 1.82) is 0 Å². The minimum Gasteiger partial charge on any atom is -0.309 e. The first-order valence-corrected chi connectivity index (χ1v) is 19.4. The molecule has 0 unspecified atom stereocenters. The SMILES string of the molecule is CCCCCCCCCCCCCCCCCCCl.CCCCCCCCCCCCCCCCCCN(C)C. The Morgan fingerprint density at radius 3 is 0.700 bits per heavy atom. The number of hydrogen-bond donors (Lipinski definition) is 0. The summed E-state index contributed by atoms with van der Waals surface area (Å²) < 4.78 is 0. The van der Waals surface area contributed by atoms with Crippen molar-refractivity contribution in [2.24, 2.45) is 0 Å². The zero-order valence-electron chi connectivity index (χ0n) is 28.9. The molecular weight excluding hydrogens is 506 g/mol. The van der Waals surface area contributed by atoms with Gasteiger partial charge in [-0.25, -0.2) is 0 Å². The summed E-state index contributed by atoms with van der Waals surface area (Å²) in [5.74, 6) is 0.846. The van der Waals surface area contributed by atoms with Crippen LogP contribution < -0.4 is 0 Å². The molecule has 0 spiro atoms. The van der Waals surface area contributed by atoms with E-state index in [2.05, 4.69) is 32.8 Å². The normalized spacial score (nSPS) is 11.2. The highest BCUT2D eigenvalue weighted by Crippen LogP contribution is 2.15. The Hall–Kier alpha value is 0.250. The van der Waals surface area contributed by atoms with Crippen LogP contribution in [0.25, 0.3) is 0 Å². The Bertz CT molecular complexity index is 381. The molecule has 1 nitrogen and oxygen atoms in total. The number of hydrogen-bond acceptors (Lipinski definition) is 1. The Kier molecular flexibility index (Phi) is 43.9. The molecule has 0 aromatic rings. The molecule has 0 fully saturated rings. The van der Waals surface area contributed by atoms with E-state index in [1.54, 1.807) is 0 Å². The monoisotopic (exact) mass is 586 g/mol. The largest absolute Gasteiger partial charge is 0.309 e. The molecule has 0 atom stereocenters. The van der Waals surface area contributed by atoms with Crippen LogP contribution in [0.1, 0.15) is 219 Å². The minimum absolute atomic E-state index is 0.846. The maximum absolute atomic E-state index is 5.66. The van der Waals surface area contributed by atoms with Gasteiger partial charge in [-0.1, -0.05) is 206 Å². The van der Waals surface area contributed by atoms with Crippen LogP contribution in [0.2, 0.25) is 0 Å². The smallest absolute Gasteiger partial charge is 0.0223 e. The van der Waals surface area contributed by atoms with E-state index in [-0.39, 0.29) is 0 Å². The second-order valence-electron chi connectivity index (χ2n) is 13.1. The van der Waals surface area contributed by atoms with Crippen molar-refractivity contribution < 1.29 is 0 Å². The van der Waals surface area contributed by atoms with Crippen LogP contribution in [0, 0.1) is 0 Å². The minimum atomic E-state index is 0.846. The highest BCUT2D eigenvalue weighted by Gasteiger charge is 1.96. The summed E-state index contributed by atoms with van der Waals surface area (Å²) in [6, 6.07) is 0. The summed E-state index contributed by atoms with van der Waals surface area (Å²) in [6.45, 7) is 5.85. The quantitative estimate of drug-likeness (QED) is 0.0546. The third kappa shape index (κ3) is 45.2. The lowest BCUT2D eigenvalue weighted by Crippen LogP contribution is -2.12. The number of unbranched alkanes of at least 4 members (excludes halogenated alkanes) is 30. The molecule has 0 aliphatic heterocycles. The zero-order valence-corrected chi connectivity index (χ0v) is 29.6. The summed E-state index contributed by atoms with van der Waals surface area (Å²) in [5, 5.41) is 0. The molecule has 0 heterocycles. The zero-order chi connectivity index (χ0) is 29.6. The van der Waals surface area contributed by atoms with Crippen LogP contribution in [0.4, 0.5) is 0 Å². The van der Waals surface area contributed by atoms with E-state index in [0.29, 0.717) is 0 Å². The molecule has 0 amide bonds. The first-order valence-electron chi connectivity index (χ1n) is 18.9. The third-order valence-corrected chi connectivity index (χ3v) is 8.71. The molecule has 0 aliphatic carbocycles. The molecule has 0 saturated carbocycles. The van der Waals surface area contributed by atoms with Gasteiger partial charge in [0.2, 0.25) is 0 Å². The Morgan fingerprint density at radius 1 is 0.300 bits per heavy atom. The van der Waals surface area contributed by atoms with Crippen molar-refractivity contribution in [2.45, 2.75) is 219 Å². The maximum atomic E-state index is 5.66. The number of rotatable bonds is 33. The van der Waals surface area contributed by atoms with Crippen LogP contribution >= 0.6 is 11.6 Å². The second-order valence-corrected chi connectivity index (χ2v) is 13.5. The Morgan fingerprint density at radius 2 is 0.500 bits per heavy atom. The lowest BCUT2D eigenvalue weighted by Gasteiger charge is -2.08. The van der Waals surface area contributed by atoms with Crippen LogP contribution in [0.15, 0.2) is 0 Å². The van der Waals surface area contributed by atoms with Crippen molar-refractivity contribution in [3.8, 4) is 0 Å². The lowest BCUT2D eigenvalue weighted by atomic mass is 10.0. The molecule has 0 aromatic heterocycles. The van der Waals surface area contributed by atoms with Gasteiger partial charge in [0.1, 0.15) is 0 Å². The molecule has 0 aliphatic rings. The molecule has 0 bridgehead atoms. The van der Waals surface area contributed by atoms with E-state index in [0.717, 1.165) is 5.88 Å². The van der Waals surface area contributed by atoms with Gasteiger partial charge in [-0.3, -0.25) is 0 Å². The molecule has 0 aromatic carbocycles. The first-order chi connectivity index (χ1) is 19.7. The van der Waals surface area contributed by atoms with Gasteiger partial charge in [0.15, 0.2) is 0 Å². The predicted molar refractivity (Wildman–Crippen MR) is 188 cm³/mol.